The topological polar surface area (TPSA) is 89.3 Å². The second-order valence-corrected chi connectivity index (χ2v) is 7.42. The van der Waals surface area contributed by atoms with E-state index in [1.807, 2.05) is 35.1 Å². The quantitative estimate of drug-likeness (QED) is 0.653. The molecule has 1 N–H and O–H groups in total. The Morgan fingerprint density at radius 3 is 2.26 bits per heavy atom. The van der Waals surface area contributed by atoms with Crippen LogP contribution < -0.4 is 4.72 Å². The van der Waals surface area contributed by atoms with Crippen LogP contribution in [0.15, 0.2) is 64.0 Å². The fraction of sp³-hybridized carbons (Fsp3) is 0.158. The van der Waals surface area contributed by atoms with E-state index in [4.69, 9.17) is 4.52 Å². The van der Waals surface area contributed by atoms with Crippen molar-refractivity contribution in [3.63, 3.8) is 0 Å². The van der Waals surface area contributed by atoms with Gasteiger partial charge in [0, 0.05) is 12.0 Å². The van der Waals surface area contributed by atoms with Crippen LogP contribution in [0.5, 0.6) is 0 Å². The summed E-state index contributed by atoms with van der Waals surface area (Å²) >= 11 is 0. The van der Waals surface area contributed by atoms with Crippen LogP contribution in [-0.2, 0) is 14.8 Å². The van der Waals surface area contributed by atoms with Gasteiger partial charge in [-0.25, -0.2) is 13.1 Å². The molecule has 0 atom stereocenters. The molecule has 0 aliphatic heterocycles. The molecule has 136 valence electrons. The summed E-state index contributed by atoms with van der Waals surface area (Å²) in [6.07, 6.45) is 0.0949. The first-order chi connectivity index (χ1) is 12.4. The molecule has 0 spiro atoms. The third-order valence-electron chi connectivity index (χ3n) is 3.93. The Morgan fingerprint density at radius 2 is 1.67 bits per heavy atom. The number of aromatic nitrogens is 1. The van der Waals surface area contributed by atoms with Crippen LogP contribution in [0.2, 0.25) is 0 Å². The third kappa shape index (κ3) is 4.95. The normalized spacial score (nSPS) is 10.9. The molecular formula is C19H19KN2O4S. The minimum atomic E-state index is -3.87. The number of carbonyl (C=O) groups is 1. The van der Waals surface area contributed by atoms with Crippen molar-refractivity contribution >= 4 is 67.3 Å². The van der Waals surface area contributed by atoms with Crippen molar-refractivity contribution < 1.29 is 17.7 Å². The number of nitrogens with one attached hydrogen (secondary N) is 1. The predicted molar refractivity (Wildman–Crippen MR) is 105 cm³/mol. The maximum atomic E-state index is 12.2. The first-order valence-electron chi connectivity index (χ1n) is 8.10. The summed E-state index contributed by atoms with van der Waals surface area (Å²) in [5.41, 5.74) is 3.19. The Morgan fingerprint density at radius 1 is 1.04 bits per heavy atom. The number of rotatable bonds is 5. The summed E-state index contributed by atoms with van der Waals surface area (Å²) in [6.45, 7) is 3.40. The van der Waals surface area contributed by atoms with Crippen LogP contribution in [0.3, 0.4) is 0 Å². The summed E-state index contributed by atoms with van der Waals surface area (Å²) < 4.78 is 31.8. The molecule has 0 bridgehead atoms. The maximum absolute atomic E-state index is 12.2. The van der Waals surface area contributed by atoms with Gasteiger partial charge in [-0.2, -0.15) is 0 Å². The molecule has 1 heterocycles. The Hall–Kier alpha value is -1.29. The molecule has 1 amide bonds. The number of sulfonamides is 1. The Bertz CT molecular complexity index is 1030. The zero-order valence-electron chi connectivity index (χ0n) is 14.4. The number of hydrogen-bond acceptors (Lipinski definition) is 5. The van der Waals surface area contributed by atoms with E-state index < -0.39 is 15.9 Å². The molecule has 2 aromatic carbocycles. The molecular weight excluding hydrogens is 391 g/mol. The molecule has 6 nitrogen and oxygen atoms in total. The van der Waals surface area contributed by atoms with Crippen LogP contribution in [0.25, 0.3) is 22.4 Å². The number of hydrogen-bond donors (Lipinski definition) is 1. The van der Waals surface area contributed by atoms with Crippen molar-refractivity contribution in [2.75, 3.05) is 0 Å². The molecule has 0 unspecified atom stereocenters. The van der Waals surface area contributed by atoms with Crippen LogP contribution in [0, 0.1) is 6.92 Å². The van der Waals surface area contributed by atoms with Gasteiger partial charge in [-0.1, -0.05) is 54.5 Å². The summed E-state index contributed by atoms with van der Waals surface area (Å²) in [6, 6.07) is 15.9. The van der Waals surface area contributed by atoms with Crippen molar-refractivity contribution in [1.29, 1.82) is 0 Å². The first kappa shape index (κ1) is 22.0. The number of benzene rings is 2. The third-order valence-corrected chi connectivity index (χ3v) is 5.32. The summed E-state index contributed by atoms with van der Waals surface area (Å²) in [5.74, 6) is 0.0917. The second kappa shape index (κ2) is 9.27. The average molecular weight is 411 g/mol. The van der Waals surface area contributed by atoms with Crippen molar-refractivity contribution in [1.82, 2.24) is 9.88 Å². The van der Waals surface area contributed by atoms with Crippen molar-refractivity contribution in [2.24, 2.45) is 0 Å². The van der Waals surface area contributed by atoms with Crippen LogP contribution in [-0.4, -0.2) is 70.9 Å². The van der Waals surface area contributed by atoms with E-state index in [1.165, 1.54) is 12.1 Å². The Kier molecular flexibility index (Phi) is 7.55. The van der Waals surface area contributed by atoms with Gasteiger partial charge in [0.25, 0.3) is 10.0 Å². The number of amides is 1. The fourth-order valence-corrected chi connectivity index (χ4v) is 3.64. The summed E-state index contributed by atoms with van der Waals surface area (Å²) in [4.78, 5) is 11.4. The molecule has 27 heavy (non-hydrogen) atoms. The molecule has 0 fully saturated rings. The molecule has 8 heteroatoms. The van der Waals surface area contributed by atoms with E-state index >= 15 is 0 Å². The predicted octanol–water partition coefficient (Wildman–Crippen LogP) is 2.88. The van der Waals surface area contributed by atoms with Crippen LogP contribution >= 0.6 is 0 Å². The van der Waals surface area contributed by atoms with Gasteiger partial charge in [-0.05, 0) is 24.6 Å². The zero-order valence-corrected chi connectivity index (χ0v) is 15.2. The molecule has 0 aliphatic rings. The molecule has 3 aromatic rings. The molecule has 0 saturated carbocycles. The van der Waals surface area contributed by atoms with E-state index in [-0.39, 0.29) is 62.7 Å². The second-order valence-electron chi connectivity index (χ2n) is 5.73. The average Bonchev–Trinajstić information content (AvgIpc) is 3.03. The fourth-order valence-electron chi connectivity index (χ4n) is 2.59. The first-order valence-corrected chi connectivity index (χ1v) is 9.58. The molecule has 0 radical (unpaired) electrons. The minimum absolute atomic E-state index is 0. The zero-order chi connectivity index (χ0) is 18.7. The van der Waals surface area contributed by atoms with Crippen molar-refractivity contribution in [3.05, 3.63) is 60.4 Å². The van der Waals surface area contributed by atoms with E-state index in [2.05, 4.69) is 5.16 Å². The monoisotopic (exact) mass is 410 g/mol. The van der Waals surface area contributed by atoms with Gasteiger partial charge in [-0.3, -0.25) is 4.79 Å². The number of aryl methyl sites for hydroxylation is 1. The van der Waals surface area contributed by atoms with E-state index in [0.717, 1.165) is 16.7 Å². The van der Waals surface area contributed by atoms with E-state index in [1.54, 1.807) is 26.0 Å². The van der Waals surface area contributed by atoms with E-state index in [0.29, 0.717) is 11.5 Å². The van der Waals surface area contributed by atoms with Gasteiger partial charge in [0.2, 0.25) is 5.91 Å². The van der Waals surface area contributed by atoms with Crippen LogP contribution in [0.4, 0.5) is 0 Å². The van der Waals surface area contributed by atoms with Gasteiger partial charge >= 0.3 is 51.4 Å². The van der Waals surface area contributed by atoms with Gasteiger partial charge in [0.15, 0.2) is 0 Å². The Labute approximate surface area is 200 Å². The number of nitrogens with zero attached hydrogens (tertiary/aromatic N) is 1. The molecule has 1 aromatic heterocycles. The van der Waals surface area contributed by atoms with Gasteiger partial charge in [0.05, 0.1) is 10.5 Å². The van der Waals surface area contributed by atoms with Crippen molar-refractivity contribution in [3.8, 4) is 22.4 Å². The van der Waals surface area contributed by atoms with Gasteiger partial charge in [-0.15, -0.1) is 0 Å². The standard InChI is InChI=1S/C19H18N2O4S.K.H/c1-3-17(22)21-26(23,24)16-11-9-14(10-12-16)18-13(2)25-20-19(18)15-7-5-4-6-8-15;;/h4-12H,3H2,1-2H3,(H,21,22);;. The SMILES string of the molecule is CCC(=O)NS(=O)(=O)c1ccc(-c2c(-c3ccccc3)noc2C)cc1.[KH]. The molecule has 3 rings (SSSR count). The summed E-state index contributed by atoms with van der Waals surface area (Å²) in [5, 5.41) is 4.13. The van der Waals surface area contributed by atoms with Crippen LogP contribution in [0.1, 0.15) is 19.1 Å². The van der Waals surface area contributed by atoms with E-state index in [9.17, 15) is 13.2 Å². The van der Waals surface area contributed by atoms with Gasteiger partial charge < -0.3 is 4.52 Å². The number of carbonyl (C=O) groups excluding carboxylic acids is 1. The van der Waals surface area contributed by atoms with Gasteiger partial charge in [0.1, 0.15) is 11.5 Å². The summed E-state index contributed by atoms with van der Waals surface area (Å²) in [7, 11) is -3.87. The molecule has 0 aliphatic carbocycles. The molecule has 0 saturated heterocycles. The van der Waals surface area contributed by atoms with Crippen molar-refractivity contribution in [2.45, 2.75) is 25.2 Å². The Balaban J connectivity index is 0.00000261.